The molecule has 4 atom stereocenters. The van der Waals surface area contributed by atoms with Crippen LogP contribution in [-0.2, 0) is 32.2 Å². The lowest BCUT2D eigenvalue weighted by Crippen LogP contribution is -2.40. The minimum absolute atomic E-state index is 0.112. The topological polar surface area (TPSA) is 59.1 Å². The highest BCUT2D eigenvalue weighted by molar-refractivity contribution is 8.02. The van der Waals surface area contributed by atoms with Gasteiger partial charge in [-0.3, -0.25) is 19.4 Å². The maximum Gasteiger partial charge on any atom is 0.241 e. The molecule has 46 heavy (non-hydrogen) atoms. The van der Waals surface area contributed by atoms with Crippen molar-refractivity contribution in [3.63, 3.8) is 0 Å². The second-order valence-corrected chi connectivity index (χ2v) is 15.6. The van der Waals surface area contributed by atoms with Crippen LogP contribution in [-0.4, -0.2) is 36.5 Å². The van der Waals surface area contributed by atoms with Gasteiger partial charge in [-0.25, -0.2) is 0 Å². The Morgan fingerprint density at radius 1 is 0.565 bits per heavy atom. The summed E-state index contributed by atoms with van der Waals surface area (Å²) in [5, 5.41) is -0.270. The maximum atomic E-state index is 13.3. The van der Waals surface area contributed by atoms with E-state index in [1.165, 1.54) is 11.1 Å². The van der Waals surface area contributed by atoms with Gasteiger partial charge in [-0.1, -0.05) is 48.5 Å². The van der Waals surface area contributed by atoms with Crippen LogP contribution in [0.1, 0.15) is 49.9 Å². The van der Waals surface area contributed by atoms with Crippen LogP contribution in [0.15, 0.2) is 97.1 Å². The highest BCUT2D eigenvalue weighted by Gasteiger charge is 2.50. The third-order valence-electron chi connectivity index (χ3n) is 9.14. The zero-order valence-electron chi connectivity index (χ0n) is 27.2. The number of carbonyl (C=O) groups is 2. The van der Waals surface area contributed by atoms with E-state index in [1.54, 1.807) is 37.7 Å². The van der Waals surface area contributed by atoms with Crippen LogP contribution in [0.3, 0.4) is 0 Å². The molecule has 0 aliphatic carbocycles. The molecule has 0 N–H and O–H groups in total. The molecule has 4 aromatic carbocycles. The van der Waals surface area contributed by atoms with Gasteiger partial charge in [-0.15, -0.1) is 23.5 Å². The van der Waals surface area contributed by atoms with Gasteiger partial charge < -0.3 is 9.47 Å². The molecule has 8 heteroatoms. The molecule has 2 aliphatic heterocycles. The van der Waals surface area contributed by atoms with E-state index in [4.69, 9.17) is 9.47 Å². The van der Waals surface area contributed by atoms with Gasteiger partial charge in [0.2, 0.25) is 11.8 Å². The SMILES string of the molecule is COc1ccc(N2C(=O)[C@H](C)S[C@@]2(C)c2ccc(CCc3ccc([C@]4(C)S[C@@H](C)C(=O)N4c4ccc(OC)cc4)cc3)cc2)cc1. The lowest BCUT2D eigenvalue weighted by molar-refractivity contribution is -0.118. The van der Waals surface area contributed by atoms with Gasteiger partial charge >= 0.3 is 0 Å². The number of amides is 2. The number of nitrogens with zero attached hydrogens (tertiary/aromatic N) is 2. The number of hydrogen-bond acceptors (Lipinski definition) is 6. The fraction of sp³-hybridized carbons (Fsp3) is 0.316. The van der Waals surface area contributed by atoms with Crippen molar-refractivity contribution in [3.8, 4) is 11.5 Å². The van der Waals surface area contributed by atoms with Crippen molar-refractivity contribution < 1.29 is 19.1 Å². The van der Waals surface area contributed by atoms with Crippen LogP contribution >= 0.6 is 23.5 Å². The summed E-state index contributed by atoms with van der Waals surface area (Å²) in [6.45, 7) is 8.23. The van der Waals surface area contributed by atoms with Gasteiger partial charge in [0, 0.05) is 11.4 Å². The van der Waals surface area contributed by atoms with E-state index < -0.39 is 9.74 Å². The number of hydrogen-bond donors (Lipinski definition) is 0. The predicted octanol–water partition coefficient (Wildman–Crippen LogP) is 8.17. The number of ether oxygens (including phenoxy) is 2. The molecule has 2 amide bonds. The van der Waals surface area contributed by atoms with Gasteiger partial charge in [0.05, 0.1) is 24.7 Å². The van der Waals surface area contributed by atoms with E-state index in [1.807, 2.05) is 72.2 Å². The largest absolute Gasteiger partial charge is 0.497 e. The van der Waals surface area contributed by atoms with E-state index in [2.05, 4.69) is 62.4 Å². The highest BCUT2D eigenvalue weighted by Crippen LogP contribution is 2.52. The fourth-order valence-corrected chi connectivity index (χ4v) is 9.47. The minimum atomic E-state index is -0.508. The van der Waals surface area contributed by atoms with E-state index >= 15 is 0 Å². The number of methoxy groups -OCH3 is 2. The van der Waals surface area contributed by atoms with Crippen LogP contribution < -0.4 is 19.3 Å². The molecule has 2 heterocycles. The van der Waals surface area contributed by atoms with Gasteiger partial charge in [0.25, 0.3) is 0 Å². The third kappa shape index (κ3) is 5.77. The molecular formula is C38H40N2O4S2. The fourth-order valence-electron chi connectivity index (χ4n) is 6.53. The number of carbonyl (C=O) groups excluding carboxylic acids is 2. The Bertz CT molecular complexity index is 1580. The Hall–Kier alpha value is -3.88. The van der Waals surface area contributed by atoms with Crippen LogP contribution in [0, 0.1) is 0 Å². The number of benzene rings is 4. The third-order valence-corrected chi connectivity index (χ3v) is 12.0. The quantitative estimate of drug-likeness (QED) is 0.182. The predicted molar refractivity (Wildman–Crippen MR) is 190 cm³/mol. The monoisotopic (exact) mass is 652 g/mol. The average Bonchev–Trinajstić information content (AvgIpc) is 3.46. The van der Waals surface area contributed by atoms with Crippen molar-refractivity contribution in [2.45, 2.75) is 60.8 Å². The van der Waals surface area contributed by atoms with Crippen molar-refractivity contribution >= 4 is 46.7 Å². The van der Waals surface area contributed by atoms with Crippen molar-refractivity contribution in [1.29, 1.82) is 0 Å². The molecule has 0 bridgehead atoms. The summed E-state index contributed by atoms with van der Waals surface area (Å²) < 4.78 is 10.7. The number of aryl methyl sites for hydroxylation is 2. The number of rotatable bonds is 9. The molecule has 4 aromatic rings. The summed E-state index contributed by atoms with van der Waals surface area (Å²) in [6, 6.07) is 32.8. The van der Waals surface area contributed by atoms with Crippen LogP contribution in [0.25, 0.3) is 0 Å². The molecule has 0 spiro atoms. The smallest absolute Gasteiger partial charge is 0.241 e. The summed E-state index contributed by atoms with van der Waals surface area (Å²) in [4.78, 5) is 29.4. The summed E-state index contributed by atoms with van der Waals surface area (Å²) in [6.07, 6.45) is 1.81. The summed E-state index contributed by atoms with van der Waals surface area (Å²) in [7, 11) is 3.29. The Labute approximate surface area is 280 Å². The minimum Gasteiger partial charge on any atom is -0.497 e. The Balaban J connectivity index is 1.15. The normalized spacial score (nSPS) is 24.5. The summed E-state index contributed by atoms with van der Waals surface area (Å²) in [5.74, 6) is 1.76. The van der Waals surface area contributed by atoms with Crippen molar-refractivity contribution in [3.05, 3.63) is 119 Å². The highest BCUT2D eigenvalue weighted by atomic mass is 32.2. The first kappa shape index (κ1) is 32.1. The van der Waals surface area contributed by atoms with Crippen molar-refractivity contribution in [2.75, 3.05) is 24.0 Å². The molecule has 2 fully saturated rings. The molecule has 2 aliphatic rings. The molecular weight excluding hydrogens is 613 g/mol. The standard InChI is InChI=1S/C38H40N2O4S2/c1-25-35(41)39(31-17-21-33(43-5)22-18-31)37(3,45-25)29-13-9-27(10-14-29)7-8-28-11-15-30(16-12-28)38(4)40(36(42)26(2)46-38)32-19-23-34(44-6)24-20-32/h9-26H,7-8H2,1-6H3/t25-,26-,37-,38-/m0/s1. The van der Waals surface area contributed by atoms with Gasteiger partial charge in [-0.05, 0) is 111 Å². The summed E-state index contributed by atoms with van der Waals surface area (Å²) in [5.41, 5.74) is 6.44. The number of anilines is 2. The second-order valence-electron chi connectivity index (χ2n) is 12.1. The zero-order chi connectivity index (χ0) is 32.6. The molecule has 6 rings (SSSR count). The molecule has 0 unspecified atom stereocenters. The van der Waals surface area contributed by atoms with Crippen LogP contribution in [0.2, 0.25) is 0 Å². The molecule has 6 nitrogen and oxygen atoms in total. The van der Waals surface area contributed by atoms with E-state index in [0.29, 0.717) is 0 Å². The number of thioether (sulfide) groups is 2. The van der Waals surface area contributed by atoms with Gasteiger partial charge in [-0.2, -0.15) is 0 Å². The lowest BCUT2D eigenvalue weighted by Gasteiger charge is -2.35. The molecule has 0 saturated carbocycles. The Morgan fingerprint density at radius 2 is 0.891 bits per heavy atom. The molecule has 0 aromatic heterocycles. The first-order chi connectivity index (χ1) is 22.1. The summed E-state index contributed by atoms with van der Waals surface area (Å²) >= 11 is 3.37. The molecule has 0 radical (unpaired) electrons. The van der Waals surface area contributed by atoms with Gasteiger partial charge in [0.1, 0.15) is 21.2 Å². The van der Waals surface area contributed by atoms with Gasteiger partial charge in [0.15, 0.2) is 0 Å². The Kier molecular flexibility index (Phi) is 8.87. The maximum absolute atomic E-state index is 13.3. The van der Waals surface area contributed by atoms with Crippen molar-refractivity contribution in [1.82, 2.24) is 0 Å². The average molecular weight is 653 g/mol. The van der Waals surface area contributed by atoms with E-state index in [-0.39, 0.29) is 22.3 Å². The first-order valence-electron chi connectivity index (χ1n) is 15.6. The zero-order valence-corrected chi connectivity index (χ0v) is 28.8. The van der Waals surface area contributed by atoms with Crippen LogP contribution in [0.5, 0.6) is 11.5 Å². The van der Waals surface area contributed by atoms with Crippen LogP contribution in [0.4, 0.5) is 11.4 Å². The Morgan fingerprint density at radius 3 is 1.20 bits per heavy atom. The molecule has 238 valence electrons. The van der Waals surface area contributed by atoms with E-state index in [0.717, 1.165) is 46.8 Å². The van der Waals surface area contributed by atoms with Crippen molar-refractivity contribution in [2.24, 2.45) is 0 Å². The van der Waals surface area contributed by atoms with E-state index in [9.17, 15) is 9.59 Å². The second kappa shape index (κ2) is 12.7. The lowest BCUT2D eigenvalue weighted by atomic mass is 9.98. The molecule has 2 saturated heterocycles. The first-order valence-corrected chi connectivity index (χ1v) is 17.3.